The second kappa shape index (κ2) is 9.04. The first-order valence-electron chi connectivity index (χ1n) is 9.53. The monoisotopic (exact) mass is 407 g/mol. The van der Waals surface area contributed by atoms with Crippen molar-refractivity contribution in [2.45, 2.75) is 56.4 Å². The van der Waals surface area contributed by atoms with E-state index in [4.69, 9.17) is 4.74 Å². The first-order chi connectivity index (χ1) is 12.2. The number of nitrogens with zero attached hydrogens (tertiary/aromatic N) is 1. The number of rotatable bonds is 4. The molecule has 1 aromatic carbocycles. The van der Waals surface area contributed by atoms with Crippen LogP contribution in [0.15, 0.2) is 33.7 Å². The van der Waals surface area contributed by atoms with Crippen LogP contribution in [-0.4, -0.2) is 38.8 Å². The van der Waals surface area contributed by atoms with Gasteiger partial charge in [-0.25, -0.2) is 0 Å². The normalized spacial score (nSPS) is 21.8. The predicted molar refractivity (Wildman–Crippen MR) is 107 cm³/mol. The SMILES string of the molecule is CN=C(NCC1(c2ccc(Br)cc2)CCOCC1)NC1CCCCC1. The number of guanidine groups is 1. The Labute approximate surface area is 160 Å². The van der Waals surface area contributed by atoms with Gasteiger partial charge in [0, 0.05) is 42.7 Å². The summed E-state index contributed by atoms with van der Waals surface area (Å²) >= 11 is 3.55. The maximum absolute atomic E-state index is 5.64. The van der Waals surface area contributed by atoms with Crippen molar-refractivity contribution in [3.05, 3.63) is 34.3 Å². The van der Waals surface area contributed by atoms with Gasteiger partial charge in [0.2, 0.25) is 0 Å². The Morgan fingerprint density at radius 1 is 1.16 bits per heavy atom. The molecule has 0 amide bonds. The van der Waals surface area contributed by atoms with Crippen LogP contribution in [0.2, 0.25) is 0 Å². The smallest absolute Gasteiger partial charge is 0.191 e. The number of ether oxygens (including phenoxy) is 1. The van der Waals surface area contributed by atoms with E-state index >= 15 is 0 Å². The van der Waals surface area contributed by atoms with Crippen LogP contribution in [0.1, 0.15) is 50.5 Å². The maximum Gasteiger partial charge on any atom is 0.191 e. The third-order valence-corrected chi connectivity index (χ3v) is 6.20. The fraction of sp³-hybridized carbons (Fsp3) is 0.650. The van der Waals surface area contributed by atoms with Gasteiger partial charge in [-0.3, -0.25) is 4.99 Å². The molecule has 3 rings (SSSR count). The molecule has 2 aliphatic rings. The van der Waals surface area contributed by atoms with Gasteiger partial charge in [-0.05, 0) is 43.4 Å². The van der Waals surface area contributed by atoms with E-state index in [9.17, 15) is 0 Å². The minimum Gasteiger partial charge on any atom is -0.381 e. The van der Waals surface area contributed by atoms with Gasteiger partial charge in [0.15, 0.2) is 5.96 Å². The van der Waals surface area contributed by atoms with Gasteiger partial charge in [0.05, 0.1) is 0 Å². The highest BCUT2D eigenvalue weighted by molar-refractivity contribution is 9.10. The number of benzene rings is 1. The summed E-state index contributed by atoms with van der Waals surface area (Å²) in [5, 5.41) is 7.24. The van der Waals surface area contributed by atoms with Gasteiger partial charge in [-0.1, -0.05) is 47.3 Å². The lowest BCUT2D eigenvalue weighted by Gasteiger charge is -2.38. The van der Waals surface area contributed by atoms with Gasteiger partial charge >= 0.3 is 0 Å². The Morgan fingerprint density at radius 3 is 2.48 bits per heavy atom. The molecule has 1 heterocycles. The lowest BCUT2D eigenvalue weighted by Crippen LogP contribution is -2.50. The first kappa shape index (κ1) is 18.7. The fourth-order valence-corrected chi connectivity index (χ4v) is 4.29. The minimum atomic E-state index is 0.114. The molecule has 2 fully saturated rings. The second-order valence-electron chi connectivity index (χ2n) is 7.30. The average Bonchev–Trinajstić information content (AvgIpc) is 2.67. The first-order valence-corrected chi connectivity index (χ1v) is 10.3. The highest BCUT2D eigenvalue weighted by Crippen LogP contribution is 2.35. The summed E-state index contributed by atoms with van der Waals surface area (Å²) in [6, 6.07) is 9.34. The highest BCUT2D eigenvalue weighted by Gasteiger charge is 2.34. The molecule has 0 atom stereocenters. The maximum atomic E-state index is 5.64. The topological polar surface area (TPSA) is 45.7 Å². The third kappa shape index (κ3) is 4.98. The van der Waals surface area contributed by atoms with Crippen LogP contribution in [-0.2, 0) is 10.2 Å². The quantitative estimate of drug-likeness (QED) is 0.585. The van der Waals surface area contributed by atoms with Gasteiger partial charge in [0.25, 0.3) is 0 Å². The molecule has 0 aromatic heterocycles. The summed E-state index contributed by atoms with van der Waals surface area (Å²) in [7, 11) is 1.87. The molecule has 1 aliphatic heterocycles. The molecule has 0 radical (unpaired) electrons. The Hall–Kier alpha value is -1.07. The molecule has 2 N–H and O–H groups in total. The Kier molecular flexibility index (Phi) is 6.77. The fourth-order valence-electron chi connectivity index (χ4n) is 4.02. The van der Waals surface area contributed by atoms with E-state index in [0.29, 0.717) is 6.04 Å². The zero-order valence-electron chi connectivity index (χ0n) is 15.2. The molecule has 0 bridgehead atoms. The van der Waals surface area contributed by atoms with Crippen LogP contribution >= 0.6 is 15.9 Å². The van der Waals surface area contributed by atoms with E-state index < -0.39 is 0 Å². The van der Waals surface area contributed by atoms with Crippen LogP contribution in [0.4, 0.5) is 0 Å². The zero-order valence-corrected chi connectivity index (χ0v) is 16.8. The lowest BCUT2D eigenvalue weighted by atomic mass is 9.74. The van der Waals surface area contributed by atoms with E-state index in [0.717, 1.165) is 43.0 Å². The Balaban J connectivity index is 1.66. The van der Waals surface area contributed by atoms with Crippen LogP contribution in [0, 0.1) is 0 Å². The van der Waals surface area contributed by atoms with E-state index in [2.05, 4.69) is 55.8 Å². The van der Waals surface area contributed by atoms with E-state index in [1.165, 1.54) is 37.7 Å². The number of aliphatic imine (C=N–C) groups is 1. The zero-order chi connectivity index (χ0) is 17.5. The summed E-state index contributed by atoms with van der Waals surface area (Å²) in [4.78, 5) is 4.46. The van der Waals surface area contributed by atoms with Crippen molar-refractivity contribution >= 4 is 21.9 Å². The Morgan fingerprint density at radius 2 is 1.84 bits per heavy atom. The molecule has 1 saturated carbocycles. The number of nitrogens with one attached hydrogen (secondary N) is 2. The number of hydrogen-bond donors (Lipinski definition) is 2. The van der Waals surface area contributed by atoms with Crippen molar-refractivity contribution in [1.82, 2.24) is 10.6 Å². The van der Waals surface area contributed by atoms with Crippen LogP contribution in [0.25, 0.3) is 0 Å². The molecule has 5 heteroatoms. The molecule has 25 heavy (non-hydrogen) atoms. The van der Waals surface area contributed by atoms with Gasteiger partial charge in [0.1, 0.15) is 0 Å². The summed E-state index contributed by atoms with van der Waals surface area (Å²) in [6.07, 6.45) is 8.63. The molecular formula is C20H30BrN3O. The lowest BCUT2D eigenvalue weighted by molar-refractivity contribution is 0.0513. The van der Waals surface area contributed by atoms with E-state index in [1.54, 1.807) is 0 Å². The summed E-state index contributed by atoms with van der Waals surface area (Å²) in [6.45, 7) is 2.54. The van der Waals surface area contributed by atoms with Crippen molar-refractivity contribution in [3.8, 4) is 0 Å². The van der Waals surface area contributed by atoms with E-state index in [-0.39, 0.29) is 5.41 Å². The molecular weight excluding hydrogens is 378 g/mol. The number of halogens is 1. The second-order valence-corrected chi connectivity index (χ2v) is 8.22. The van der Waals surface area contributed by atoms with Crippen LogP contribution in [0.3, 0.4) is 0 Å². The van der Waals surface area contributed by atoms with Gasteiger partial charge in [-0.15, -0.1) is 0 Å². The predicted octanol–water partition coefficient (Wildman–Crippen LogP) is 4.00. The van der Waals surface area contributed by atoms with E-state index in [1.807, 2.05) is 7.05 Å². The number of hydrogen-bond acceptors (Lipinski definition) is 2. The molecule has 1 aromatic rings. The summed E-state index contributed by atoms with van der Waals surface area (Å²) in [5.74, 6) is 0.940. The highest BCUT2D eigenvalue weighted by atomic mass is 79.9. The van der Waals surface area contributed by atoms with Crippen molar-refractivity contribution in [2.75, 3.05) is 26.8 Å². The summed E-state index contributed by atoms with van der Waals surface area (Å²) in [5.41, 5.74) is 1.50. The summed E-state index contributed by atoms with van der Waals surface area (Å²) < 4.78 is 6.77. The van der Waals surface area contributed by atoms with Crippen LogP contribution in [0.5, 0.6) is 0 Å². The average molecular weight is 408 g/mol. The van der Waals surface area contributed by atoms with Crippen LogP contribution < -0.4 is 10.6 Å². The van der Waals surface area contributed by atoms with Crippen molar-refractivity contribution < 1.29 is 4.74 Å². The molecule has 1 saturated heterocycles. The van der Waals surface area contributed by atoms with Crippen molar-refractivity contribution in [1.29, 1.82) is 0 Å². The largest absolute Gasteiger partial charge is 0.381 e. The molecule has 0 unspecified atom stereocenters. The van der Waals surface area contributed by atoms with Gasteiger partial charge < -0.3 is 15.4 Å². The molecule has 4 nitrogen and oxygen atoms in total. The van der Waals surface area contributed by atoms with Gasteiger partial charge in [-0.2, -0.15) is 0 Å². The Bertz CT molecular complexity index is 561. The molecule has 0 spiro atoms. The third-order valence-electron chi connectivity index (χ3n) is 5.67. The standard InChI is InChI=1S/C20H30BrN3O/c1-22-19(24-18-5-3-2-4-6-18)23-15-20(11-13-25-14-12-20)16-7-9-17(21)10-8-16/h7-10,18H,2-6,11-15H2,1H3,(H2,22,23,24). The molecule has 1 aliphatic carbocycles. The molecule has 138 valence electrons. The van der Waals surface area contributed by atoms with Crippen molar-refractivity contribution in [3.63, 3.8) is 0 Å². The van der Waals surface area contributed by atoms with Crippen molar-refractivity contribution in [2.24, 2.45) is 4.99 Å². The minimum absolute atomic E-state index is 0.114.